The lowest BCUT2D eigenvalue weighted by Gasteiger charge is -2.14. The Hall–Kier alpha value is -3.77. The van der Waals surface area contributed by atoms with Crippen molar-refractivity contribution in [1.82, 2.24) is 5.32 Å². The molecule has 0 fully saturated rings. The molecule has 0 aliphatic rings. The molecule has 0 aliphatic carbocycles. The summed E-state index contributed by atoms with van der Waals surface area (Å²) in [5, 5.41) is 6.13. The van der Waals surface area contributed by atoms with Crippen LogP contribution in [0.25, 0.3) is 6.08 Å². The Bertz CT molecular complexity index is 1220. The summed E-state index contributed by atoms with van der Waals surface area (Å²) in [4.78, 5) is 28.2. The van der Waals surface area contributed by atoms with E-state index in [9.17, 15) is 9.59 Å². The second-order valence-corrected chi connectivity index (χ2v) is 9.05. The number of nitrogens with zero attached hydrogens (tertiary/aromatic N) is 1. The van der Waals surface area contributed by atoms with E-state index in [1.807, 2.05) is 56.3 Å². The van der Waals surface area contributed by atoms with E-state index in [2.05, 4.69) is 17.6 Å². The van der Waals surface area contributed by atoms with Gasteiger partial charge in [0.2, 0.25) is 0 Å². The van der Waals surface area contributed by atoms with Crippen LogP contribution in [0.5, 0.6) is 5.75 Å². The maximum atomic E-state index is 13.2. The van der Waals surface area contributed by atoms with Crippen LogP contribution >= 0.6 is 11.6 Å². The molecule has 0 saturated carbocycles. The highest BCUT2D eigenvalue weighted by Crippen LogP contribution is 2.21. The van der Waals surface area contributed by atoms with E-state index in [1.54, 1.807) is 42.5 Å². The Kier molecular flexibility index (Phi) is 9.53. The van der Waals surface area contributed by atoms with Crippen molar-refractivity contribution >= 4 is 40.9 Å². The lowest BCUT2D eigenvalue weighted by molar-refractivity contribution is -0.113. The Morgan fingerprint density at radius 1 is 1.00 bits per heavy atom. The molecular weight excluding hydrogens is 474 g/mol. The van der Waals surface area contributed by atoms with Crippen molar-refractivity contribution in [3.63, 3.8) is 0 Å². The van der Waals surface area contributed by atoms with Crippen molar-refractivity contribution in [2.45, 2.75) is 26.7 Å². The standard InChI is InChI=1S/C29H32ClN3O3/c1-5-6-17-36-25-15-10-22(11-16-25)28(34)32-27(18-21-8-13-24(14-9-21)33(3)4)29(35)31-23-12-7-20(2)26(30)19-23/h7-16,18-19H,5-6,17H2,1-4H3,(H,31,35)(H,32,34)/b27-18+. The highest BCUT2D eigenvalue weighted by atomic mass is 35.5. The van der Waals surface area contributed by atoms with Gasteiger partial charge in [-0.25, -0.2) is 0 Å². The van der Waals surface area contributed by atoms with Gasteiger partial charge in [0.25, 0.3) is 11.8 Å². The highest BCUT2D eigenvalue weighted by molar-refractivity contribution is 6.31. The minimum Gasteiger partial charge on any atom is -0.494 e. The molecule has 0 bridgehead atoms. The zero-order chi connectivity index (χ0) is 26.1. The number of hydrogen-bond donors (Lipinski definition) is 2. The quantitative estimate of drug-likeness (QED) is 0.250. The third-order valence-corrected chi connectivity index (χ3v) is 5.93. The monoisotopic (exact) mass is 505 g/mol. The lowest BCUT2D eigenvalue weighted by Crippen LogP contribution is -2.30. The first-order chi connectivity index (χ1) is 17.3. The predicted octanol–water partition coefficient (Wildman–Crippen LogP) is 6.30. The molecule has 0 aliphatic heterocycles. The van der Waals surface area contributed by atoms with Gasteiger partial charge in [0.1, 0.15) is 11.4 Å². The molecule has 3 aromatic carbocycles. The van der Waals surface area contributed by atoms with Crippen LogP contribution in [0.2, 0.25) is 5.02 Å². The first-order valence-corrected chi connectivity index (χ1v) is 12.3. The fourth-order valence-electron chi connectivity index (χ4n) is 3.29. The predicted molar refractivity (Wildman–Crippen MR) is 148 cm³/mol. The van der Waals surface area contributed by atoms with Crippen molar-refractivity contribution in [2.75, 3.05) is 30.9 Å². The molecule has 7 heteroatoms. The normalized spacial score (nSPS) is 11.1. The number of rotatable bonds is 10. The van der Waals surface area contributed by atoms with Crippen molar-refractivity contribution in [3.8, 4) is 5.75 Å². The summed E-state index contributed by atoms with van der Waals surface area (Å²) in [6.07, 6.45) is 3.66. The molecule has 0 heterocycles. The number of carbonyl (C=O) groups is 2. The van der Waals surface area contributed by atoms with Gasteiger partial charge in [0.05, 0.1) is 6.61 Å². The minimum absolute atomic E-state index is 0.109. The minimum atomic E-state index is -0.459. The van der Waals surface area contributed by atoms with Crippen LogP contribution in [-0.2, 0) is 4.79 Å². The third-order valence-electron chi connectivity index (χ3n) is 5.53. The molecule has 0 aromatic heterocycles. The van der Waals surface area contributed by atoms with E-state index in [-0.39, 0.29) is 5.70 Å². The summed E-state index contributed by atoms with van der Waals surface area (Å²) >= 11 is 6.21. The average Bonchev–Trinajstić information content (AvgIpc) is 2.86. The first kappa shape index (κ1) is 26.8. The molecule has 188 valence electrons. The number of aryl methyl sites for hydroxylation is 1. The van der Waals surface area contributed by atoms with E-state index >= 15 is 0 Å². The van der Waals surface area contributed by atoms with Crippen molar-refractivity contribution in [2.24, 2.45) is 0 Å². The Morgan fingerprint density at radius 3 is 2.31 bits per heavy atom. The van der Waals surface area contributed by atoms with Crippen molar-refractivity contribution in [1.29, 1.82) is 0 Å². The fraction of sp³-hybridized carbons (Fsp3) is 0.241. The summed E-state index contributed by atoms with van der Waals surface area (Å²) in [5.74, 6) is -0.159. The molecule has 36 heavy (non-hydrogen) atoms. The zero-order valence-corrected chi connectivity index (χ0v) is 21.9. The first-order valence-electron chi connectivity index (χ1n) is 11.9. The van der Waals surface area contributed by atoms with Gasteiger partial charge >= 0.3 is 0 Å². The highest BCUT2D eigenvalue weighted by Gasteiger charge is 2.16. The Labute approximate surface area is 217 Å². The van der Waals surface area contributed by atoms with Crippen LogP contribution in [0.1, 0.15) is 41.3 Å². The number of hydrogen-bond acceptors (Lipinski definition) is 4. The largest absolute Gasteiger partial charge is 0.494 e. The summed E-state index contributed by atoms with van der Waals surface area (Å²) in [6.45, 7) is 4.61. The van der Waals surface area contributed by atoms with Crippen LogP contribution in [0.15, 0.2) is 72.4 Å². The van der Waals surface area contributed by atoms with Crippen molar-refractivity contribution in [3.05, 3.63) is 94.1 Å². The molecule has 0 atom stereocenters. The SMILES string of the molecule is CCCCOc1ccc(C(=O)N/C(=C/c2ccc(N(C)C)cc2)C(=O)Nc2ccc(C)c(Cl)c2)cc1. The average molecular weight is 506 g/mol. The molecule has 0 unspecified atom stereocenters. The summed E-state index contributed by atoms with van der Waals surface area (Å²) < 4.78 is 5.67. The fourth-order valence-corrected chi connectivity index (χ4v) is 3.47. The van der Waals surface area contributed by atoms with E-state index in [4.69, 9.17) is 16.3 Å². The maximum Gasteiger partial charge on any atom is 0.272 e. The number of carbonyl (C=O) groups excluding carboxylic acids is 2. The number of amides is 2. The number of halogens is 1. The van der Waals surface area contributed by atoms with Gasteiger partial charge in [-0.2, -0.15) is 0 Å². The van der Waals surface area contributed by atoms with Gasteiger partial charge in [-0.05, 0) is 79.1 Å². The van der Waals surface area contributed by atoms with E-state index in [0.717, 1.165) is 29.7 Å². The van der Waals surface area contributed by atoms with Crippen LogP contribution in [0, 0.1) is 6.92 Å². The second-order valence-electron chi connectivity index (χ2n) is 8.64. The number of unbranched alkanes of at least 4 members (excludes halogenated alkanes) is 1. The topological polar surface area (TPSA) is 70.7 Å². The van der Waals surface area contributed by atoms with Gasteiger partial charge < -0.3 is 20.3 Å². The van der Waals surface area contributed by atoms with Gasteiger partial charge in [-0.3, -0.25) is 9.59 Å². The molecule has 2 amide bonds. The summed E-state index contributed by atoms with van der Waals surface area (Å²) in [5.41, 5.74) is 3.76. The van der Waals surface area contributed by atoms with Gasteiger partial charge in [0.15, 0.2) is 0 Å². The molecular formula is C29H32ClN3O3. The van der Waals surface area contributed by atoms with Crippen LogP contribution in [-0.4, -0.2) is 32.5 Å². The van der Waals surface area contributed by atoms with Gasteiger partial charge in [0, 0.05) is 36.1 Å². The van der Waals surface area contributed by atoms with Gasteiger partial charge in [-0.15, -0.1) is 0 Å². The van der Waals surface area contributed by atoms with Crippen LogP contribution < -0.4 is 20.3 Å². The number of ether oxygens (including phenoxy) is 1. The molecule has 0 spiro atoms. The molecule has 3 aromatic rings. The molecule has 2 N–H and O–H groups in total. The summed E-state index contributed by atoms with van der Waals surface area (Å²) in [7, 11) is 3.91. The lowest BCUT2D eigenvalue weighted by atomic mass is 10.1. The number of nitrogens with one attached hydrogen (secondary N) is 2. The number of anilines is 2. The molecule has 0 saturated heterocycles. The summed E-state index contributed by atoms with van der Waals surface area (Å²) in [6, 6.07) is 19.8. The van der Waals surface area contributed by atoms with E-state index in [0.29, 0.717) is 28.6 Å². The smallest absolute Gasteiger partial charge is 0.272 e. The van der Waals surface area contributed by atoms with Crippen LogP contribution in [0.4, 0.5) is 11.4 Å². The molecule has 3 rings (SSSR count). The van der Waals surface area contributed by atoms with Crippen LogP contribution in [0.3, 0.4) is 0 Å². The Balaban J connectivity index is 1.82. The number of benzene rings is 3. The third kappa shape index (κ3) is 7.62. The van der Waals surface area contributed by atoms with Crippen molar-refractivity contribution < 1.29 is 14.3 Å². The maximum absolute atomic E-state index is 13.2. The Morgan fingerprint density at radius 2 is 1.69 bits per heavy atom. The molecule has 6 nitrogen and oxygen atoms in total. The van der Waals surface area contributed by atoms with E-state index in [1.165, 1.54) is 0 Å². The second kappa shape index (κ2) is 12.8. The van der Waals surface area contributed by atoms with Gasteiger partial charge in [-0.1, -0.05) is 43.1 Å². The zero-order valence-electron chi connectivity index (χ0n) is 21.1. The molecule has 0 radical (unpaired) electrons. The van der Waals surface area contributed by atoms with E-state index < -0.39 is 11.8 Å².